The molecule has 2 aromatic rings. The van der Waals surface area contributed by atoms with Crippen molar-refractivity contribution in [2.45, 2.75) is 37.2 Å². The highest BCUT2D eigenvalue weighted by molar-refractivity contribution is 8.03. The van der Waals surface area contributed by atoms with Crippen LogP contribution in [0.5, 0.6) is 0 Å². The van der Waals surface area contributed by atoms with Crippen molar-refractivity contribution >= 4 is 17.7 Å². The molecular formula is C23H26FN3O2S. The van der Waals surface area contributed by atoms with Gasteiger partial charge in [0.1, 0.15) is 5.83 Å². The zero-order chi connectivity index (χ0) is 21.3. The van der Waals surface area contributed by atoms with Crippen molar-refractivity contribution in [1.29, 1.82) is 0 Å². The molecule has 0 spiro atoms. The molecule has 1 saturated heterocycles. The Labute approximate surface area is 180 Å². The van der Waals surface area contributed by atoms with E-state index in [0.717, 1.165) is 21.1 Å². The molecular weight excluding hydrogens is 401 g/mol. The van der Waals surface area contributed by atoms with Gasteiger partial charge in [-0.25, -0.2) is 4.39 Å². The lowest BCUT2D eigenvalue weighted by molar-refractivity contribution is -0.141. The third-order valence-electron chi connectivity index (χ3n) is 6.09. The van der Waals surface area contributed by atoms with Gasteiger partial charge in [0.2, 0.25) is 5.91 Å². The fourth-order valence-corrected chi connectivity index (χ4v) is 5.46. The number of carbonyl (C=O) groups is 1. The van der Waals surface area contributed by atoms with Crippen LogP contribution in [-0.2, 0) is 16.6 Å². The van der Waals surface area contributed by atoms with Crippen molar-refractivity contribution in [3.05, 3.63) is 59.4 Å². The van der Waals surface area contributed by atoms with Gasteiger partial charge in [-0.3, -0.25) is 9.48 Å². The first-order valence-corrected chi connectivity index (χ1v) is 10.9. The Kier molecular flexibility index (Phi) is 5.84. The van der Waals surface area contributed by atoms with Crippen LogP contribution in [0.3, 0.4) is 0 Å². The molecule has 2 aliphatic rings. The number of primary amides is 1. The van der Waals surface area contributed by atoms with Crippen molar-refractivity contribution in [1.82, 2.24) is 9.78 Å². The Morgan fingerprint density at radius 1 is 1.33 bits per heavy atom. The summed E-state index contributed by atoms with van der Waals surface area (Å²) in [5, 5.41) is 4.20. The first-order chi connectivity index (χ1) is 14.4. The molecule has 1 fully saturated rings. The molecule has 0 bridgehead atoms. The van der Waals surface area contributed by atoms with E-state index in [1.807, 2.05) is 55.1 Å². The number of benzene rings is 1. The van der Waals surface area contributed by atoms with E-state index in [1.165, 1.54) is 11.8 Å². The maximum atomic E-state index is 14.6. The third-order valence-corrected chi connectivity index (χ3v) is 7.09. The SMILES string of the molecule is C[C@H]1C[C@@](C(N)=O)(C2C=C(Sc3ccc(-c4ccnn4C)cc3)C=C(F)C2)CCO1. The summed E-state index contributed by atoms with van der Waals surface area (Å²) in [5.41, 5.74) is 7.17. The molecule has 158 valence electrons. The quantitative estimate of drug-likeness (QED) is 0.757. The maximum Gasteiger partial charge on any atom is 0.224 e. The predicted molar refractivity (Wildman–Crippen MR) is 116 cm³/mol. The number of thioether (sulfide) groups is 1. The minimum absolute atomic E-state index is 0.0655. The second-order valence-corrected chi connectivity index (χ2v) is 9.24. The molecule has 2 N–H and O–H groups in total. The molecule has 1 aliphatic heterocycles. The van der Waals surface area contributed by atoms with Crippen LogP contribution in [0.1, 0.15) is 26.2 Å². The number of allylic oxidation sites excluding steroid dienone is 3. The number of carbonyl (C=O) groups excluding carboxylic acids is 1. The minimum atomic E-state index is -0.765. The summed E-state index contributed by atoms with van der Waals surface area (Å²) in [6.07, 6.45) is 6.54. The van der Waals surface area contributed by atoms with Gasteiger partial charge in [0, 0.05) is 36.1 Å². The summed E-state index contributed by atoms with van der Waals surface area (Å²) >= 11 is 1.50. The van der Waals surface area contributed by atoms with E-state index in [0.29, 0.717) is 19.4 Å². The summed E-state index contributed by atoms with van der Waals surface area (Å²) < 4.78 is 22.0. The predicted octanol–water partition coefficient (Wildman–Crippen LogP) is 4.61. The van der Waals surface area contributed by atoms with Crippen molar-refractivity contribution < 1.29 is 13.9 Å². The normalized spacial score (nSPS) is 26.8. The van der Waals surface area contributed by atoms with Crippen LogP contribution >= 0.6 is 11.8 Å². The Morgan fingerprint density at radius 3 is 2.73 bits per heavy atom. The van der Waals surface area contributed by atoms with Gasteiger partial charge in [-0.15, -0.1) is 0 Å². The summed E-state index contributed by atoms with van der Waals surface area (Å²) in [5.74, 6) is -0.836. The van der Waals surface area contributed by atoms with Crippen LogP contribution in [0.15, 0.2) is 64.3 Å². The maximum absolute atomic E-state index is 14.6. The average Bonchev–Trinajstić information content (AvgIpc) is 3.14. The second-order valence-electron chi connectivity index (χ2n) is 8.09. The van der Waals surface area contributed by atoms with Gasteiger partial charge in [-0.05, 0) is 55.5 Å². The molecule has 0 radical (unpaired) electrons. The van der Waals surface area contributed by atoms with Gasteiger partial charge in [0.25, 0.3) is 0 Å². The highest BCUT2D eigenvalue weighted by atomic mass is 32.2. The molecule has 1 unspecified atom stereocenters. The molecule has 1 amide bonds. The van der Waals surface area contributed by atoms with Gasteiger partial charge >= 0.3 is 0 Å². The van der Waals surface area contributed by atoms with E-state index in [1.54, 1.807) is 12.3 Å². The number of aryl methyl sites for hydroxylation is 1. The summed E-state index contributed by atoms with van der Waals surface area (Å²) in [4.78, 5) is 14.3. The lowest BCUT2D eigenvalue weighted by atomic mass is 9.65. The molecule has 4 rings (SSSR count). The minimum Gasteiger partial charge on any atom is -0.378 e. The molecule has 1 aromatic carbocycles. The van der Waals surface area contributed by atoms with Crippen LogP contribution in [0.25, 0.3) is 11.3 Å². The number of rotatable bonds is 5. The first kappa shape index (κ1) is 20.9. The van der Waals surface area contributed by atoms with Crippen molar-refractivity contribution in [3.8, 4) is 11.3 Å². The number of ether oxygens (including phenoxy) is 1. The van der Waals surface area contributed by atoms with Crippen LogP contribution in [0.4, 0.5) is 4.39 Å². The van der Waals surface area contributed by atoms with Crippen LogP contribution in [-0.4, -0.2) is 28.4 Å². The summed E-state index contributed by atoms with van der Waals surface area (Å²) in [7, 11) is 1.91. The summed E-state index contributed by atoms with van der Waals surface area (Å²) in [6, 6.07) is 10.1. The first-order valence-electron chi connectivity index (χ1n) is 10.1. The fourth-order valence-electron chi connectivity index (χ4n) is 4.49. The van der Waals surface area contributed by atoms with E-state index in [-0.39, 0.29) is 30.2 Å². The van der Waals surface area contributed by atoms with Crippen LogP contribution < -0.4 is 5.73 Å². The Balaban J connectivity index is 1.57. The van der Waals surface area contributed by atoms with Gasteiger partial charge in [-0.2, -0.15) is 5.10 Å². The van der Waals surface area contributed by atoms with Gasteiger partial charge < -0.3 is 10.5 Å². The molecule has 5 nitrogen and oxygen atoms in total. The highest BCUT2D eigenvalue weighted by Crippen LogP contribution is 2.47. The standard InChI is InChI=1S/C23H26FN3O2S/c1-15-14-23(22(25)28,8-10-29-15)17-11-18(24)13-20(12-17)30-19-5-3-16(4-6-19)21-7-9-26-27(21)2/h3-7,9,12-13,15,17H,8,10-11,14H2,1-2H3,(H2,25,28)/t15-,17?,23+/m0/s1. The average molecular weight is 428 g/mol. The van der Waals surface area contributed by atoms with E-state index in [4.69, 9.17) is 10.5 Å². The fraction of sp³-hybridized carbons (Fsp3) is 0.391. The van der Waals surface area contributed by atoms with Crippen LogP contribution in [0.2, 0.25) is 0 Å². The molecule has 3 atom stereocenters. The molecule has 7 heteroatoms. The highest BCUT2D eigenvalue weighted by Gasteiger charge is 2.47. The molecule has 0 saturated carbocycles. The Bertz CT molecular complexity index is 998. The zero-order valence-corrected chi connectivity index (χ0v) is 18.0. The topological polar surface area (TPSA) is 70.1 Å². The molecule has 2 heterocycles. The lowest BCUT2D eigenvalue weighted by Gasteiger charge is -2.43. The van der Waals surface area contributed by atoms with Gasteiger partial charge in [0.15, 0.2) is 0 Å². The zero-order valence-electron chi connectivity index (χ0n) is 17.2. The van der Waals surface area contributed by atoms with Crippen LogP contribution in [0, 0.1) is 11.3 Å². The van der Waals surface area contributed by atoms with E-state index < -0.39 is 5.41 Å². The second kappa shape index (κ2) is 8.40. The monoisotopic (exact) mass is 427 g/mol. The van der Waals surface area contributed by atoms with Gasteiger partial charge in [-0.1, -0.05) is 30.0 Å². The third kappa shape index (κ3) is 4.09. The van der Waals surface area contributed by atoms with Crippen molar-refractivity contribution in [3.63, 3.8) is 0 Å². The number of nitrogens with two attached hydrogens (primary N) is 1. The number of amides is 1. The Hall–Kier alpha value is -2.38. The number of nitrogens with zero attached hydrogens (tertiary/aromatic N) is 2. The summed E-state index contributed by atoms with van der Waals surface area (Å²) in [6.45, 7) is 2.41. The van der Waals surface area contributed by atoms with Gasteiger partial charge in [0.05, 0.1) is 17.2 Å². The smallest absolute Gasteiger partial charge is 0.224 e. The molecule has 1 aromatic heterocycles. The number of hydrogen-bond acceptors (Lipinski definition) is 4. The number of halogens is 1. The lowest BCUT2D eigenvalue weighted by Crippen LogP contribution is -2.49. The van der Waals surface area contributed by atoms with E-state index in [9.17, 15) is 9.18 Å². The largest absolute Gasteiger partial charge is 0.378 e. The molecule has 30 heavy (non-hydrogen) atoms. The number of hydrogen-bond donors (Lipinski definition) is 1. The Morgan fingerprint density at radius 2 is 2.10 bits per heavy atom. The molecule has 1 aliphatic carbocycles. The van der Waals surface area contributed by atoms with E-state index >= 15 is 0 Å². The van der Waals surface area contributed by atoms with E-state index in [2.05, 4.69) is 5.10 Å². The van der Waals surface area contributed by atoms with Crippen molar-refractivity contribution in [2.75, 3.05) is 6.61 Å². The van der Waals surface area contributed by atoms with Crippen molar-refractivity contribution in [2.24, 2.45) is 24.1 Å². The number of aromatic nitrogens is 2.